The molecule has 0 aromatic heterocycles. The lowest BCUT2D eigenvalue weighted by Crippen LogP contribution is -2.50. The summed E-state index contributed by atoms with van der Waals surface area (Å²) < 4.78 is 5.54. The summed E-state index contributed by atoms with van der Waals surface area (Å²) in [6.07, 6.45) is 5.41. The van der Waals surface area contributed by atoms with E-state index in [1.165, 1.54) is 25.7 Å². The van der Waals surface area contributed by atoms with E-state index >= 15 is 0 Å². The van der Waals surface area contributed by atoms with Crippen LogP contribution in [0.5, 0.6) is 0 Å². The Bertz CT molecular complexity index is 398. The van der Waals surface area contributed by atoms with Gasteiger partial charge in [-0.25, -0.2) is 4.79 Å². The van der Waals surface area contributed by atoms with Crippen LogP contribution in [0.1, 0.15) is 67.2 Å². The summed E-state index contributed by atoms with van der Waals surface area (Å²) in [6, 6.07) is 0. The Balaban J connectivity index is 1.78. The third-order valence-corrected chi connectivity index (χ3v) is 4.75. The third-order valence-electron chi connectivity index (χ3n) is 4.75. The summed E-state index contributed by atoms with van der Waals surface area (Å²) in [5.74, 6) is 0.976. The first-order chi connectivity index (χ1) is 10.0. The lowest BCUT2D eigenvalue weighted by atomic mass is 10.0. The van der Waals surface area contributed by atoms with Gasteiger partial charge in [-0.15, -0.1) is 0 Å². The lowest BCUT2D eigenvalue weighted by Gasteiger charge is -2.37. The van der Waals surface area contributed by atoms with Crippen molar-refractivity contribution in [1.82, 2.24) is 10.2 Å². The summed E-state index contributed by atoms with van der Waals surface area (Å²) in [5.41, 5.74) is -0.0612. The smallest absolute Gasteiger partial charge is 0.410 e. The van der Waals surface area contributed by atoms with Gasteiger partial charge in [-0.1, -0.05) is 0 Å². The number of carbonyl (C=O) groups is 1. The molecule has 0 aliphatic heterocycles. The Hall–Kier alpha value is -0.770. The van der Waals surface area contributed by atoms with Gasteiger partial charge in [0, 0.05) is 25.2 Å². The van der Waals surface area contributed by atoms with Gasteiger partial charge in [0.2, 0.25) is 0 Å². The monoisotopic (exact) mass is 310 g/mol. The summed E-state index contributed by atoms with van der Waals surface area (Å²) in [5, 5.41) is 3.58. The molecule has 4 heteroatoms. The number of nitrogens with zero attached hydrogens (tertiary/aromatic N) is 1. The molecule has 0 spiro atoms. The van der Waals surface area contributed by atoms with Crippen LogP contribution >= 0.6 is 0 Å². The molecule has 1 amide bonds. The first kappa shape index (κ1) is 17.6. The molecular formula is C18H34N2O2. The molecule has 0 radical (unpaired) electrons. The van der Waals surface area contributed by atoms with Crippen molar-refractivity contribution in [1.29, 1.82) is 0 Å². The molecule has 0 atom stereocenters. The van der Waals surface area contributed by atoms with E-state index in [2.05, 4.69) is 26.1 Å². The molecule has 0 saturated heterocycles. The Labute approximate surface area is 136 Å². The zero-order valence-electron chi connectivity index (χ0n) is 15.3. The predicted molar refractivity (Wildman–Crippen MR) is 90.0 cm³/mol. The minimum Gasteiger partial charge on any atom is -0.444 e. The van der Waals surface area contributed by atoms with Crippen LogP contribution in [-0.2, 0) is 4.74 Å². The Morgan fingerprint density at radius 2 is 1.77 bits per heavy atom. The van der Waals surface area contributed by atoms with E-state index < -0.39 is 5.60 Å². The Morgan fingerprint density at radius 3 is 2.18 bits per heavy atom. The third kappa shape index (κ3) is 4.87. The maximum Gasteiger partial charge on any atom is 0.410 e. The quantitative estimate of drug-likeness (QED) is 0.759. The highest BCUT2D eigenvalue weighted by molar-refractivity contribution is 5.69. The lowest BCUT2D eigenvalue weighted by molar-refractivity contribution is 0.00658. The molecule has 0 bridgehead atoms. The van der Waals surface area contributed by atoms with Crippen LogP contribution in [0, 0.1) is 11.3 Å². The largest absolute Gasteiger partial charge is 0.444 e. The molecule has 0 aromatic carbocycles. The average Bonchev–Trinajstić information content (AvgIpc) is 3.18. The minimum absolute atomic E-state index is 0.217. The molecule has 2 aliphatic carbocycles. The number of carbonyl (C=O) groups excluding carboxylic acids is 1. The maximum absolute atomic E-state index is 12.4. The second-order valence-electron chi connectivity index (χ2n) is 9.12. The fraction of sp³-hybridized carbons (Fsp3) is 0.944. The molecule has 1 N–H and O–H groups in total. The van der Waals surface area contributed by atoms with Crippen molar-refractivity contribution in [3.8, 4) is 0 Å². The van der Waals surface area contributed by atoms with Crippen LogP contribution in [0.3, 0.4) is 0 Å². The van der Waals surface area contributed by atoms with Gasteiger partial charge in [0.05, 0.1) is 0 Å². The van der Waals surface area contributed by atoms with Gasteiger partial charge in [0.15, 0.2) is 0 Å². The molecule has 0 unspecified atom stereocenters. The average molecular weight is 310 g/mol. The molecule has 2 rings (SSSR count). The molecule has 4 nitrogen and oxygen atoms in total. The van der Waals surface area contributed by atoms with Gasteiger partial charge in [0.1, 0.15) is 5.60 Å². The van der Waals surface area contributed by atoms with Crippen molar-refractivity contribution in [3.63, 3.8) is 0 Å². The Kier molecular flexibility index (Phi) is 4.82. The van der Waals surface area contributed by atoms with Gasteiger partial charge in [-0.05, 0) is 78.6 Å². The van der Waals surface area contributed by atoms with Gasteiger partial charge in [-0.2, -0.15) is 0 Å². The van der Waals surface area contributed by atoms with E-state index in [0.717, 1.165) is 19.0 Å². The van der Waals surface area contributed by atoms with Crippen molar-refractivity contribution in [2.24, 2.45) is 11.3 Å². The van der Waals surface area contributed by atoms with E-state index in [1.807, 2.05) is 25.7 Å². The van der Waals surface area contributed by atoms with Gasteiger partial charge in [-0.3, -0.25) is 0 Å². The second-order valence-corrected chi connectivity index (χ2v) is 9.12. The van der Waals surface area contributed by atoms with Crippen molar-refractivity contribution in [2.45, 2.75) is 78.4 Å². The summed E-state index contributed by atoms with van der Waals surface area (Å²) >= 11 is 0. The number of nitrogens with one attached hydrogen (secondary N) is 1. The number of hydrogen-bond donors (Lipinski definition) is 1. The highest BCUT2D eigenvalue weighted by Crippen LogP contribution is 2.60. The first-order valence-electron chi connectivity index (χ1n) is 8.75. The van der Waals surface area contributed by atoms with Crippen LogP contribution in [-0.4, -0.2) is 41.8 Å². The van der Waals surface area contributed by atoms with Gasteiger partial charge in [0.25, 0.3) is 0 Å². The summed E-state index contributed by atoms with van der Waals surface area (Å²) in [6.45, 7) is 14.6. The fourth-order valence-corrected chi connectivity index (χ4v) is 3.13. The molecule has 2 saturated carbocycles. The number of amides is 1. The summed E-state index contributed by atoms with van der Waals surface area (Å²) in [4.78, 5) is 14.2. The number of hydrogen-bond acceptors (Lipinski definition) is 3. The van der Waals surface area contributed by atoms with E-state index in [0.29, 0.717) is 12.0 Å². The van der Waals surface area contributed by atoms with Crippen LogP contribution in [0.25, 0.3) is 0 Å². The van der Waals surface area contributed by atoms with Crippen LogP contribution in [0.4, 0.5) is 4.79 Å². The zero-order valence-corrected chi connectivity index (χ0v) is 15.3. The SMILES string of the molecule is CC(C)(C)OC(=O)N(CCNCC1(C2CC2)CC1)C(C)(C)C. The number of rotatable bonds is 6. The van der Waals surface area contributed by atoms with Crippen molar-refractivity contribution < 1.29 is 9.53 Å². The standard InChI is InChI=1S/C18H34N2O2/c1-16(2,3)20(15(21)22-17(4,5)6)12-11-19-13-18(9-10-18)14-7-8-14/h14,19H,7-13H2,1-6H3. The van der Waals surface area contributed by atoms with Crippen LogP contribution in [0.2, 0.25) is 0 Å². The predicted octanol–water partition coefficient (Wildman–Crippen LogP) is 3.80. The number of ether oxygens (including phenoxy) is 1. The van der Waals surface area contributed by atoms with Crippen molar-refractivity contribution in [2.75, 3.05) is 19.6 Å². The normalized spacial score (nSPS) is 20.6. The molecule has 0 aromatic rings. The van der Waals surface area contributed by atoms with E-state index in [4.69, 9.17) is 4.74 Å². The molecule has 128 valence electrons. The van der Waals surface area contributed by atoms with Gasteiger partial charge < -0.3 is 15.0 Å². The van der Waals surface area contributed by atoms with Crippen LogP contribution < -0.4 is 5.32 Å². The van der Waals surface area contributed by atoms with Crippen molar-refractivity contribution in [3.05, 3.63) is 0 Å². The highest BCUT2D eigenvalue weighted by atomic mass is 16.6. The fourth-order valence-electron chi connectivity index (χ4n) is 3.13. The molecule has 22 heavy (non-hydrogen) atoms. The van der Waals surface area contributed by atoms with Crippen LogP contribution in [0.15, 0.2) is 0 Å². The molecular weight excluding hydrogens is 276 g/mol. The summed E-state index contributed by atoms with van der Waals surface area (Å²) in [7, 11) is 0. The zero-order chi connectivity index (χ0) is 16.6. The maximum atomic E-state index is 12.4. The molecule has 2 aliphatic rings. The van der Waals surface area contributed by atoms with E-state index in [-0.39, 0.29) is 11.6 Å². The van der Waals surface area contributed by atoms with Crippen molar-refractivity contribution >= 4 is 6.09 Å². The highest BCUT2D eigenvalue weighted by Gasteiger charge is 2.53. The Morgan fingerprint density at radius 1 is 1.18 bits per heavy atom. The molecule has 2 fully saturated rings. The molecule has 0 heterocycles. The van der Waals surface area contributed by atoms with Gasteiger partial charge >= 0.3 is 6.09 Å². The minimum atomic E-state index is -0.446. The topological polar surface area (TPSA) is 41.6 Å². The first-order valence-corrected chi connectivity index (χ1v) is 8.75. The van der Waals surface area contributed by atoms with E-state index in [1.54, 1.807) is 0 Å². The van der Waals surface area contributed by atoms with E-state index in [9.17, 15) is 4.79 Å². The second kappa shape index (κ2) is 6.03.